The molecule has 0 saturated carbocycles. The van der Waals surface area contributed by atoms with E-state index in [1.807, 2.05) is 0 Å². The van der Waals surface area contributed by atoms with Crippen LogP contribution in [0.2, 0.25) is 0 Å². The predicted molar refractivity (Wildman–Crippen MR) is 139 cm³/mol. The molecule has 39 heavy (non-hydrogen) atoms. The largest absolute Gasteiger partial charge is 0.496 e. The van der Waals surface area contributed by atoms with Crippen LogP contribution in [0.1, 0.15) is 18.4 Å². The predicted octanol–water partition coefficient (Wildman–Crippen LogP) is 1.27. The summed E-state index contributed by atoms with van der Waals surface area (Å²) in [5, 5.41) is 5.70. The van der Waals surface area contributed by atoms with E-state index in [0.717, 1.165) is 25.9 Å². The third-order valence-electron chi connectivity index (χ3n) is 7.75. The first-order valence-corrected chi connectivity index (χ1v) is 14.3. The quantitative estimate of drug-likeness (QED) is 0.468. The summed E-state index contributed by atoms with van der Waals surface area (Å²) >= 11 is 0. The number of methoxy groups -OCH3 is 1. The molecule has 4 N–H and O–H groups in total. The van der Waals surface area contributed by atoms with Gasteiger partial charge in [0.15, 0.2) is 0 Å². The summed E-state index contributed by atoms with van der Waals surface area (Å²) in [4.78, 5) is 6.46. The van der Waals surface area contributed by atoms with Crippen LogP contribution >= 0.6 is 0 Å². The maximum absolute atomic E-state index is 13.6. The molecule has 214 valence electrons. The van der Waals surface area contributed by atoms with E-state index in [-0.39, 0.29) is 27.8 Å². The van der Waals surface area contributed by atoms with Gasteiger partial charge in [-0.15, -0.1) is 0 Å². The zero-order chi connectivity index (χ0) is 28.0. The minimum Gasteiger partial charge on any atom is -0.496 e. The van der Waals surface area contributed by atoms with E-state index in [1.54, 1.807) is 0 Å². The van der Waals surface area contributed by atoms with Crippen molar-refractivity contribution in [3.8, 4) is 5.75 Å². The number of nitrogens with one attached hydrogen (secondary N) is 2. The number of morpholine rings is 1. The van der Waals surface area contributed by atoms with Crippen molar-refractivity contribution in [3.63, 3.8) is 0 Å². The van der Waals surface area contributed by atoms with Crippen LogP contribution in [0, 0.1) is 0 Å². The molecule has 4 aliphatic heterocycles. The summed E-state index contributed by atoms with van der Waals surface area (Å²) in [5.41, 5.74) is 4.82. The van der Waals surface area contributed by atoms with Crippen LogP contribution in [0.4, 0.5) is 13.2 Å². The second-order valence-electron chi connectivity index (χ2n) is 9.96. The highest BCUT2D eigenvalue weighted by Crippen LogP contribution is 2.40. The zero-order valence-electron chi connectivity index (χ0n) is 21.8. The first-order valence-electron chi connectivity index (χ1n) is 12.8. The van der Waals surface area contributed by atoms with Crippen LogP contribution < -0.4 is 21.1 Å². The van der Waals surface area contributed by atoms with Crippen LogP contribution in [-0.4, -0.2) is 95.8 Å². The van der Waals surface area contributed by atoms with Crippen LogP contribution in [0.3, 0.4) is 0 Å². The molecule has 1 unspecified atom stereocenters. The highest BCUT2D eigenvalue weighted by atomic mass is 32.2. The Morgan fingerprint density at radius 1 is 1.21 bits per heavy atom. The lowest BCUT2D eigenvalue weighted by atomic mass is 9.90. The molecule has 1 aromatic rings. The van der Waals surface area contributed by atoms with Crippen LogP contribution in [0.15, 0.2) is 51.0 Å². The SMILES string of the molecule is CNC1=CC(N)(c2ccc(S(=O)(=O)N3CCC(N4CCOCC4)CC3)cc2OC)NC2=NCC(C(F)(F)F)=C12. The number of amidine groups is 1. The van der Waals surface area contributed by atoms with Crippen molar-refractivity contribution in [2.24, 2.45) is 10.7 Å². The molecule has 4 aliphatic rings. The average molecular weight is 571 g/mol. The van der Waals surface area contributed by atoms with Gasteiger partial charge in [0.1, 0.15) is 17.2 Å². The highest BCUT2D eigenvalue weighted by Gasteiger charge is 2.45. The summed E-state index contributed by atoms with van der Waals surface area (Å²) in [7, 11) is -0.914. The molecule has 2 saturated heterocycles. The first kappa shape index (κ1) is 27.9. The molecule has 0 aromatic heterocycles. The van der Waals surface area contributed by atoms with E-state index in [1.165, 1.54) is 42.7 Å². The van der Waals surface area contributed by atoms with Crippen molar-refractivity contribution >= 4 is 15.9 Å². The van der Waals surface area contributed by atoms with Crippen molar-refractivity contribution in [2.45, 2.75) is 35.6 Å². The second-order valence-corrected chi connectivity index (χ2v) is 11.9. The molecular weight excluding hydrogens is 537 g/mol. The Morgan fingerprint density at radius 2 is 1.90 bits per heavy atom. The Hall–Kier alpha value is -2.65. The van der Waals surface area contributed by atoms with Gasteiger partial charge in [0.2, 0.25) is 10.0 Å². The lowest BCUT2D eigenvalue weighted by Gasteiger charge is -2.39. The topological polar surface area (TPSA) is 122 Å². The number of hydrogen-bond acceptors (Lipinski definition) is 9. The zero-order valence-corrected chi connectivity index (χ0v) is 22.7. The standard InChI is InChI=1S/C25H33F3N6O4S/c1-30-20-14-24(29,32-23-22(20)19(15-31-23)25(26,27)28)18-4-3-17(13-21(18)37-2)39(35,36)34-7-5-16(6-8-34)33-9-11-38-12-10-33/h3-4,13-14,16,30H,5-12,15,29H2,1-2H3,(H,31,32). The van der Waals surface area contributed by atoms with Gasteiger partial charge in [-0.3, -0.25) is 9.89 Å². The number of halogens is 3. The number of fused-ring (bicyclic) bond motifs is 1. The Labute approximate surface area is 225 Å². The molecule has 0 radical (unpaired) electrons. The molecule has 5 rings (SSSR count). The minimum absolute atomic E-state index is 0.0126. The molecule has 0 bridgehead atoms. The van der Waals surface area contributed by atoms with Crippen molar-refractivity contribution in [2.75, 3.05) is 60.1 Å². The molecular formula is C25H33F3N6O4S. The molecule has 1 atom stereocenters. The summed E-state index contributed by atoms with van der Waals surface area (Å²) < 4.78 is 80.2. The van der Waals surface area contributed by atoms with Gasteiger partial charge >= 0.3 is 6.18 Å². The van der Waals surface area contributed by atoms with Gasteiger partial charge in [0.05, 0.1) is 37.3 Å². The van der Waals surface area contributed by atoms with Gasteiger partial charge in [-0.25, -0.2) is 8.42 Å². The third-order valence-corrected chi connectivity index (χ3v) is 9.65. The van der Waals surface area contributed by atoms with E-state index in [9.17, 15) is 21.6 Å². The molecule has 0 aliphatic carbocycles. The highest BCUT2D eigenvalue weighted by molar-refractivity contribution is 7.89. The number of alkyl halides is 3. The normalized spacial score (nSPS) is 25.6. The number of nitrogens with two attached hydrogens (primary N) is 1. The van der Waals surface area contributed by atoms with Crippen LogP contribution in [0.5, 0.6) is 5.75 Å². The number of nitrogens with zero attached hydrogens (tertiary/aromatic N) is 3. The number of benzene rings is 1. The molecule has 1 aromatic carbocycles. The smallest absolute Gasteiger partial charge is 0.415 e. The van der Waals surface area contributed by atoms with Crippen LogP contribution in [-0.2, 0) is 20.4 Å². The van der Waals surface area contributed by atoms with E-state index in [0.29, 0.717) is 37.9 Å². The summed E-state index contributed by atoms with van der Waals surface area (Å²) in [6, 6.07) is 4.71. The fourth-order valence-corrected chi connectivity index (χ4v) is 7.16. The van der Waals surface area contributed by atoms with Gasteiger partial charge in [-0.1, -0.05) is 0 Å². The fraction of sp³-hybridized carbons (Fsp3) is 0.560. The second kappa shape index (κ2) is 10.4. The lowest BCUT2D eigenvalue weighted by Crippen LogP contribution is -2.55. The van der Waals surface area contributed by atoms with Crippen molar-refractivity contribution in [1.29, 1.82) is 0 Å². The maximum atomic E-state index is 13.6. The summed E-state index contributed by atoms with van der Waals surface area (Å²) in [6.07, 6.45) is -1.64. The number of piperidine rings is 1. The first-order chi connectivity index (χ1) is 18.5. The van der Waals surface area contributed by atoms with E-state index >= 15 is 0 Å². The summed E-state index contributed by atoms with van der Waals surface area (Å²) in [6.45, 7) is 3.39. The van der Waals surface area contributed by atoms with Gasteiger partial charge < -0.3 is 25.8 Å². The minimum atomic E-state index is -4.54. The van der Waals surface area contributed by atoms with Crippen LogP contribution in [0.25, 0.3) is 0 Å². The monoisotopic (exact) mass is 570 g/mol. The van der Waals surface area contributed by atoms with Crippen molar-refractivity contribution in [3.05, 3.63) is 46.7 Å². The Kier molecular flexibility index (Phi) is 7.44. The van der Waals surface area contributed by atoms with E-state index in [2.05, 4.69) is 20.5 Å². The molecule has 0 spiro atoms. The number of aliphatic imine (C=N–C) groups is 1. The Morgan fingerprint density at radius 3 is 2.51 bits per heavy atom. The Bertz CT molecular complexity index is 1320. The van der Waals surface area contributed by atoms with Crippen molar-refractivity contribution in [1.82, 2.24) is 19.8 Å². The third kappa shape index (κ3) is 5.15. The summed E-state index contributed by atoms with van der Waals surface area (Å²) in [5.74, 6) is 0.196. The van der Waals surface area contributed by atoms with Gasteiger partial charge in [0, 0.05) is 62.2 Å². The van der Waals surface area contributed by atoms with Crippen molar-refractivity contribution < 1.29 is 31.1 Å². The van der Waals surface area contributed by atoms with Gasteiger partial charge in [-0.05, 0) is 31.1 Å². The number of sulfonamides is 1. The van der Waals surface area contributed by atoms with E-state index < -0.39 is 34.0 Å². The van der Waals surface area contributed by atoms with Gasteiger partial charge in [-0.2, -0.15) is 17.5 Å². The molecule has 14 heteroatoms. The fourth-order valence-electron chi connectivity index (χ4n) is 5.67. The molecule has 10 nitrogen and oxygen atoms in total. The molecule has 2 fully saturated rings. The molecule has 0 amide bonds. The number of hydrogen-bond donors (Lipinski definition) is 3. The van der Waals surface area contributed by atoms with Gasteiger partial charge in [0.25, 0.3) is 0 Å². The lowest BCUT2D eigenvalue weighted by molar-refractivity contribution is -0.0922. The number of ether oxygens (including phenoxy) is 2. The average Bonchev–Trinajstić information content (AvgIpc) is 3.37. The molecule has 4 heterocycles. The maximum Gasteiger partial charge on any atom is 0.415 e. The number of rotatable bonds is 6. The Balaban J connectivity index is 1.40. The number of likely N-dealkylation sites (N-methyl/N-ethyl adjacent to an activating group) is 1. The van der Waals surface area contributed by atoms with E-state index in [4.69, 9.17) is 15.2 Å².